The van der Waals surface area contributed by atoms with E-state index in [0.29, 0.717) is 5.69 Å². The van der Waals surface area contributed by atoms with Gasteiger partial charge >= 0.3 is 11.7 Å². The molecule has 11 heteroatoms. The molecule has 11 nitrogen and oxygen atoms in total. The number of hydrogen-bond acceptors (Lipinski definition) is 9. The number of carbonyl (C=O) groups excluding carboxylic acids is 1. The zero-order chi connectivity index (χ0) is 15.0. The number of non-ortho nitro benzene ring substituents is 1. The van der Waals surface area contributed by atoms with Gasteiger partial charge in [0.05, 0.1) is 17.7 Å². The summed E-state index contributed by atoms with van der Waals surface area (Å²) in [5.41, 5.74) is 0.195. The van der Waals surface area contributed by atoms with Gasteiger partial charge in [-0.25, -0.2) is 19.1 Å². The Morgan fingerprint density at radius 1 is 1.38 bits per heavy atom. The van der Waals surface area contributed by atoms with Crippen molar-refractivity contribution in [3.05, 3.63) is 34.4 Å². The topological polar surface area (TPSA) is 139 Å². The van der Waals surface area contributed by atoms with Gasteiger partial charge in [0.1, 0.15) is 6.33 Å². The summed E-state index contributed by atoms with van der Waals surface area (Å²) in [5, 5.41) is 21.9. The summed E-state index contributed by atoms with van der Waals surface area (Å²) >= 11 is 0. The minimum atomic E-state index is -0.704. The lowest BCUT2D eigenvalue weighted by Crippen LogP contribution is -2.05. The van der Waals surface area contributed by atoms with E-state index in [9.17, 15) is 14.9 Å². The van der Waals surface area contributed by atoms with Crippen molar-refractivity contribution in [1.82, 2.24) is 25.1 Å². The van der Waals surface area contributed by atoms with Crippen molar-refractivity contribution in [2.75, 3.05) is 7.11 Å². The molecule has 21 heavy (non-hydrogen) atoms. The van der Waals surface area contributed by atoms with E-state index < -0.39 is 10.9 Å². The lowest BCUT2D eigenvalue weighted by atomic mass is 10.2. The van der Waals surface area contributed by atoms with Crippen LogP contribution in [0.5, 0.6) is 0 Å². The van der Waals surface area contributed by atoms with Gasteiger partial charge in [-0.2, -0.15) is 0 Å². The van der Waals surface area contributed by atoms with Crippen LogP contribution >= 0.6 is 0 Å². The number of benzene rings is 1. The van der Waals surface area contributed by atoms with Gasteiger partial charge in [0.15, 0.2) is 5.52 Å². The van der Waals surface area contributed by atoms with Gasteiger partial charge in [0.25, 0.3) is 5.82 Å². The average molecular weight is 290 g/mol. The van der Waals surface area contributed by atoms with Crippen molar-refractivity contribution in [1.29, 1.82) is 0 Å². The Morgan fingerprint density at radius 3 is 2.86 bits per heavy atom. The average Bonchev–Trinajstić information content (AvgIpc) is 3.14. The molecule has 0 saturated carbocycles. The van der Waals surface area contributed by atoms with Crippen molar-refractivity contribution in [3.63, 3.8) is 0 Å². The third-order valence-corrected chi connectivity index (χ3v) is 2.68. The summed E-state index contributed by atoms with van der Waals surface area (Å²) in [7, 11) is 1.20. The monoisotopic (exact) mass is 290 g/mol. The first kappa shape index (κ1) is 12.7. The number of aromatic nitrogens is 5. The van der Waals surface area contributed by atoms with Crippen LogP contribution < -0.4 is 0 Å². The van der Waals surface area contributed by atoms with Crippen molar-refractivity contribution in [2.45, 2.75) is 0 Å². The van der Waals surface area contributed by atoms with E-state index in [4.69, 9.17) is 0 Å². The van der Waals surface area contributed by atoms with Crippen LogP contribution in [0.4, 0.5) is 5.69 Å². The molecule has 3 aromatic rings. The standard InChI is InChI=1S/C10H6N6O5/c1-20-10(17)9-11-4-15(12-9)5-2-3-6(16(18)19)8-7(5)13-21-14-8/h2-4H,1H3. The molecule has 0 radical (unpaired) electrons. The quantitative estimate of drug-likeness (QED) is 0.383. The van der Waals surface area contributed by atoms with Crippen LogP contribution in [-0.4, -0.2) is 43.1 Å². The van der Waals surface area contributed by atoms with E-state index in [1.54, 1.807) is 0 Å². The molecule has 0 spiro atoms. The van der Waals surface area contributed by atoms with Crippen molar-refractivity contribution < 1.29 is 19.1 Å². The van der Waals surface area contributed by atoms with Gasteiger partial charge in [-0.15, -0.1) is 5.10 Å². The first-order valence-electron chi connectivity index (χ1n) is 5.52. The Morgan fingerprint density at radius 2 is 2.14 bits per heavy atom. The zero-order valence-corrected chi connectivity index (χ0v) is 10.5. The summed E-state index contributed by atoms with van der Waals surface area (Å²) in [6.45, 7) is 0. The summed E-state index contributed by atoms with van der Waals surface area (Å²) in [6.07, 6.45) is 1.25. The molecule has 0 saturated heterocycles. The predicted molar refractivity (Wildman–Crippen MR) is 64.7 cm³/mol. The minimum Gasteiger partial charge on any atom is -0.463 e. The molecular weight excluding hydrogens is 284 g/mol. The predicted octanol–water partition coefficient (Wildman–Crippen LogP) is 0.498. The molecule has 0 N–H and O–H groups in total. The van der Waals surface area contributed by atoms with Crippen LogP contribution in [0.2, 0.25) is 0 Å². The second-order valence-electron chi connectivity index (χ2n) is 3.83. The SMILES string of the molecule is COC(=O)c1ncn(-c2ccc([N+](=O)[O-])c3nonc23)n1. The molecule has 0 aliphatic carbocycles. The Kier molecular flexibility index (Phi) is 2.79. The maximum atomic E-state index is 11.3. The second-order valence-corrected chi connectivity index (χ2v) is 3.83. The summed E-state index contributed by atoms with van der Waals surface area (Å²) < 4.78 is 10.3. The first-order valence-corrected chi connectivity index (χ1v) is 5.52. The Labute approximate surface area is 115 Å². The molecule has 0 aliphatic heterocycles. The van der Waals surface area contributed by atoms with Gasteiger partial charge in [0.2, 0.25) is 5.52 Å². The van der Waals surface area contributed by atoms with Crippen LogP contribution in [0, 0.1) is 10.1 Å². The highest BCUT2D eigenvalue weighted by atomic mass is 16.6. The van der Waals surface area contributed by atoms with Crippen LogP contribution in [0.25, 0.3) is 16.7 Å². The minimum absolute atomic E-state index is 0.0207. The molecule has 2 heterocycles. The lowest BCUT2D eigenvalue weighted by Gasteiger charge is -2.00. The van der Waals surface area contributed by atoms with Gasteiger partial charge in [-0.1, -0.05) is 0 Å². The molecule has 0 unspecified atom stereocenters. The molecule has 0 bridgehead atoms. The molecule has 3 rings (SSSR count). The number of fused-ring (bicyclic) bond motifs is 1. The smallest absolute Gasteiger partial charge is 0.377 e. The fourth-order valence-corrected chi connectivity index (χ4v) is 1.74. The number of esters is 1. The normalized spacial score (nSPS) is 10.7. The fourth-order valence-electron chi connectivity index (χ4n) is 1.74. The van der Waals surface area contributed by atoms with Crippen molar-refractivity contribution >= 4 is 22.7 Å². The molecule has 106 valence electrons. The van der Waals surface area contributed by atoms with Crippen LogP contribution in [-0.2, 0) is 4.74 Å². The van der Waals surface area contributed by atoms with E-state index in [2.05, 4.69) is 29.8 Å². The first-order chi connectivity index (χ1) is 10.1. The Balaban J connectivity index is 2.15. The maximum Gasteiger partial charge on any atom is 0.377 e. The third kappa shape index (κ3) is 1.96. The molecule has 0 atom stereocenters. The van der Waals surface area contributed by atoms with Crippen LogP contribution in [0.3, 0.4) is 0 Å². The summed E-state index contributed by atoms with van der Waals surface area (Å²) in [5.74, 6) is -0.856. The number of hydrogen-bond donors (Lipinski definition) is 0. The Hall–Kier alpha value is -3.37. The van der Waals surface area contributed by atoms with E-state index in [-0.39, 0.29) is 22.5 Å². The Bertz CT molecular complexity index is 853. The van der Waals surface area contributed by atoms with E-state index in [1.165, 1.54) is 30.3 Å². The maximum absolute atomic E-state index is 11.3. The number of nitro benzene ring substituents is 1. The molecular formula is C10H6N6O5. The second kappa shape index (κ2) is 4.63. The van der Waals surface area contributed by atoms with Crippen molar-refractivity contribution in [3.8, 4) is 5.69 Å². The number of ether oxygens (including phenoxy) is 1. The number of methoxy groups -OCH3 is 1. The number of nitro groups is 1. The molecule has 1 aromatic carbocycles. The number of nitrogens with zero attached hydrogens (tertiary/aromatic N) is 6. The molecule has 0 fully saturated rings. The lowest BCUT2D eigenvalue weighted by molar-refractivity contribution is -0.383. The number of carbonyl (C=O) groups is 1. The molecule has 2 aromatic heterocycles. The third-order valence-electron chi connectivity index (χ3n) is 2.68. The van der Waals surface area contributed by atoms with Gasteiger partial charge in [0, 0.05) is 6.07 Å². The van der Waals surface area contributed by atoms with Crippen LogP contribution in [0.15, 0.2) is 23.1 Å². The summed E-state index contributed by atoms with van der Waals surface area (Å²) in [4.78, 5) is 25.4. The zero-order valence-electron chi connectivity index (χ0n) is 10.5. The number of rotatable bonds is 3. The molecule has 0 aliphatic rings. The summed E-state index contributed by atoms with van der Waals surface area (Å²) in [6, 6.07) is 2.64. The fraction of sp³-hybridized carbons (Fsp3) is 0.100. The van der Waals surface area contributed by atoms with Crippen LogP contribution in [0.1, 0.15) is 10.6 Å². The van der Waals surface area contributed by atoms with E-state index >= 15 is 0 Å². The largest absolute Gasteiger partial charge is 0.463 e. The highest BCUT2D eigenvalue weighted by Gasteiger charge is 2.21. The highest BCUT2D eigenvalue weighted by molar-refractivity contribution is 5.90. The van der Waals surface area contributed by atoms with Crippen molar-refractivity contribution in [2.24, 2.45) is 0 Å². The molecule has 0 amide bonds. The van der Waals surface area contributed by atoms with E-state index in [0.717, 1.165) is 0 Å². The van der Waals surface area contributed by atoms with Gasteiger partial charge < -0.3 is 4.74 Å². The van der Waals surface area contributed by atoms with E-state index in [1.807, 2.05) is 0 Å². The van der Waals surface area contributed by atoms with Gasteiger partial charge in [-0.3, -0.25) is 10.1 Å². The highest BCUT2D eigenvalue weighted by Crippen LogP contribution is 2.27. The van der Waals surface area contributed by atoms with Gasteiger partial charge in [-0.05, 0) is 16.4 Å².